The molecule has 0 spiro atoms. The van der Waals surface area contributed by atoms with Crippen LogP contribution >= 0.6 is 0 Å². The van der Waals surface area contributed by atoms with E-state index in [-0.39, 0.29) is 0 Å². The summed E-state index contributed by atoms with van der Waals surface area (Å²) in [5.41, 5.74) is 3.05. The zero-order valence-corrected chi connectivity index (χ0v) is 12.0. The smallest absolute Gasteiger partial charge is 0.125 e. The van der Waals surface area contributed by atoms with Crippen LogP contribution in [-0.4, -0.2) is 19.7 Å². The lowest BCUT2D eigenvalue weighted by molar-refractivity contribution is 0.267. The van der Waals surface area contributed by atoms with Crippen LogP contribution in [-0.2, 0) is 12.8 Å². The van der Waals surface area contributed by atoms with Crippen molar-refractivity contribution in [1.29, 1.82) is 0 Å². The van der Waals surface area contributed by atoms with Gasteiger partial charge >= 0.3 is 0 Å². The lowest BCUT2D eigenvalue weighted by Crippen LogP contribution is -2.38. The summed E-state index contributed by atoms with van der Waals surface area (Å²) in [5, 5.41) is 3.44. The molecule has 1 unspecified atom stereocenters. The maximum Gasteiger partial charge on any atom is 0.125 e. The molecule has 2 rings (SSSR count). The van der Waals surface area contributed by atoms with Crippen LogP contribution in [0.5, 0.6) is 5.75 Å². The molecule has 1 aromatic rings. The highest BCUT2D eigenvalue weighted by molar-refractivity contribution is 5.44. The van der Waals surface area contributed by atoms with Crippen molar-refractivity contribution >= 4 is 0 Å². The molecule has 2 heteroatoms. The Hall–Kier alpha value is -1.02. The maximum absolute atomic E-state index is 5.76. The van der Waals surface area contributed by atoms with Crippen LogP contribution in [0.4, 0.5) is 0 Å². The molecule has 0 amide bonds. The minimum atomic E-state index is 0.299. The highest BCUT2D eigenvalue weighted by Gasteiger charge is 2.23. The third kappa shape index (κ3) is 2.86. The Morgan fingerprint density at radius 3 is 2.78 bits per heavy atom. The van der Waals surface area contributed by atoms with Crippen molar-refractivity contribution in [3.05, 3.63) is 29.3 Å². The van der Waals surface area contributed by atoms with Gasteiger partial charge in [0.15, 0.2) is 0 Å². The molecule has 1 aliphatic rings. The Labute approximate surface area is 111 Å². The summed E-state index contributed by atoms with van der Waals surface area (Å²) in [6.07, 6.45) is 3.31. The van der Waals surface area contributed by atoms with Crippen molar-refractivity contribution < 1.29 is 4.74 Å². The Morgan fingerprint density at radius 2 is 2.11 bits per heavy atom. The fraction of sp³-hybridized carbons (Fsp3) is 0.625. The highest BCUT2D eigenvalue weighted by atomic mass is 16.5. The molecule has 0 bridgehead atoms. The first kappa shape index (κ1) is 13.4. The standard InChI is InChI=1S/C16H25NO/c1-16(2,3)14(17-4)9-8-12-6-5-7-13-10-11-18-15(12)13/h5-7,14,17H,8-11H2,1-4H3. The first-order valence-electron chi connectivity index (χ1n) is 6.93. The number of hydrogen-bond donors (Lipinski definition) is 1. The maximum atomic E-state index is 5.76. The van der Waals surface area contributed by atoms with Crippen molar-refractivity contribution in [1.82, 2.24) is 5.32 Å². The Morgan fingerprint density at radius 1 is 1.33 bits per heavy atom. The molecule has 0 fully saturated rings. The van der Waals surface area contributed by atoms with Gasteiger partial charge in [0, 0.05) is 12.5 Å². The van der Waals surface area contributed by atoms with Gasteiger partial charge in [-0.25, -0.2) is 0 Å². The average molecular weight is 247 g/mol. The van der Waals surface area contributed by atoms with E-state index in [1.165, 1.54) is 11.1 Å². The molecular weight excluding hydrogens is 222 g/mol. The summed E-state index contributed by atoms with van der Waals surface area (Å²) < 4.78 is 5.76. The van der Waals surface area contributed by atoms with Crippen LogP contribution in [0, 0.1) is 5.41 Å². The fourth-order valence-electron chi connectivity index (χ4n) is 2.79. The minimum absolute atomic E-state index is 0.299. The minimum Gasteiger partial charge on any atom is -0.493 e. The molecule has 0 radical (unpaired) electrons. The lowest BCUT2D eigenvalue weighted by Gasteiger charge is -2.30. The predicted molar refractivity (Wildman–Crippen MR) is 76.3 cm³/mol. The summed E-state index contributed by atoms with van der Waals surface area (Å²) in [6, 6.07) is 7.09. The second kappa shape index (κ2) is 5.31. The van der Waals surface area contributed by atoms with E-state index in [0.29, 0.717) is 11.5 Å². The first-order valence-corrected chi connectivity index (χ1v) is 6.93. The molecule has 18 heavy (non-hydrogen) atoms. The predicted octanol–water partition coefficient (Wildman–Crippen LogP) is 3.19. The third-order valence-corrected chi connectivity index (χ3v) is 3.89. The van der Waals surface area contributed by atoms with Crippen molar-refractivity contribution in [3.63, 3.8) is 0 Å². The largest absolute Gasteiger partial charge is 0.493 e. The first-order chi connectivity index (χ1) is 8.52. The SMILES string of the molecule is CNC(CCc1cccc2c1OCC2)C(C)(C)C. The molecule has 100 valence electrons. The number of rotatable bonds is 4. The van der Waals surface area contributed by atoms with E-state index in [1.807, 2.05) is 0 Å². The molecule has 0 aromatic heterocycles. The number of hydrogen-bond acceptors (Lipinski definition) is 2. The van der Waals surface area contributed by atoms with Crippen molar-refractivity contribution in [2.45, 2.75) is 46.1 Å². The van der Waals surface area contributed by atoms with Crippen LogP contribution in [0.25, 0.3) is 0 Å². The highest BCUT2D eigenvalue weighted by Crippen LogP contribution is 2.31. The second-order valence-electron chi connectivity index (χ2n) is 6.25. The molecule has 0 saturated carbocycles. The molecule has 1 heterocycles. The van der Waals surface area contributed by atoms with Crippen molar-refractivity contribution in [2.75, 3.05) is 13.7 Å². The van der Waals surface area contributed by atoms with Gasteiger partial charge in [0.25, 0.3) is 0 Å². The molecule has 1 atom stereocenters. The molecule has 0 aliphatic carbocycles. The van der Waals surface area contributed by atoms with Gasteiger partial charge in [0.2, 0.25) is 0 Å². The van der Waals surface area contributed by atoms with Gasteiger partial charge in [-0.05, 0) is 36.4 Å². The van der Waals surface area contributed by atoms with Gasteiger partial charge in [-0.2, -0.15) is 0 Å². The summed E-state index contributed by atoms with van der Waals surface area (Å²) in [4.78, 5) is 0. The van der Waals surface area contributed by atoms with E-state index in [0.717, 1.165) is 31.6 Å². The van der Waals surface area contributed by atoms with Gasteiger partial charge in [-0.3, -0.25) is 0 Å². The van der Waals surface area contributed by atoms with E-state index in [9.17, 15) is 0 Å². The van der Waals surface area contributed by atoms with Gasteiger partial charge in [-0.15, -0.1) is 0 Å². The molecule has 1 N–H and O–H groups in total. The number of ether oxygens (including phenoxy) is 1. The third-order valence-electron chi connectivity index (χ3n) is 3.89. The average Bonchev–Trinajstić information content (AvgIpc) is 2.76. The summed E-state index contributed by atoms with van der Waals surface area (Å²) in [6.45, 7) is 7.72. The number of para-hydroxylation sites is 1. The van der Waals surface area contributed by atoms with Crippen LogP contribution in [0.1, 0.15) is 38.3 Å². The van der Waals surface area contributed by atoms with Crippen molar-refractivity contribution in [3.8, 4) is 5.75 Å². The number of aryl methyl sites for hydroxylation is 1. The number of nitrogens with one attached hydrogen (secondary N) is 1. The summed E-state index contributed by atoms with van der Waals surface area (Å²) >= 11 is 0. The van der Waals surface area contributed by atoms with Gasteiger partial charge < -0.3 is 10.1 Å². The molecule has 2 nitrogen and oxygen atoms in total. The monoisotopic (exact) mass is 247 g/mol. The van der Waals surface area contributed by atoms with E-state index in [1.54, 1.807) is 0 Å². The number of benzene rings is 1. The number of fused-ring (bicyclic) bond motifs is 1. The summed E-state index contributed by atoms with van der Waals surface area (Å²) in [5.74, 6) is 1.15. The van der Waals surface area contributed by atoms with Crippen LogP contribution in [0.2, 0.25) is 0 Å². The zero-order valence-electron chi connectivity index (χ0n) is 12.0. The molecule has 1 aromatic carbocycles. The Bertz CT molecular complexity index is 406. The zero-order chi connectivity index (χ0) is 13.2. The van der Waals surface area contributed by atoms with Gasteiger partial charge in [0.1, 0.15) is 5.75 Å². The topological polar surface area (TPSA) is 21.3 Å². The quantitative estimate of drug-likeness (QED) is 0.882. The Balaban J connectivity index is 2.05. The fourth-order valence-corrected chi connectivity index (χ4v) is 2.79. The van der Waals surface area contributed by atoms with Gasteiger partial charge in [0.05, 0.1) is 6.61 Å². The van der Waals surface area contributed by atoms with E-state index in [4.69, 9.17) is 4.74 Å². The second-order valence-corrected chi connectivity index (χ2v) is 6.25. The van der Waals surface area contributed by atoms with Crippen molar-refractivity contribution in [2.24, 2.45) is 5.41 Å². The molecule has 1 aliphatic heterocycles. The van der Waals surface area contributed by atoms with Gasteiger partial charge in [-0.1, -0.05) is 39.0 Å². The molecular formula is C16H25NO. The lowest BCUT2D eigenvalue weighted by atomic mass is 9.83. The van der Waals surface area contributed by atoms with Crippen LogP contribution < -0.4 is 10.1 Å². The Kier molecular flexibility index (Phi) is 3.96. The van der Waals surface area contributed by atoms with E-state index < -0.39 is 0 Å². The van der Waals surface area contributed by atoms with Crippen LogP contribution in [0.15, 0.2) is 18.2 Å². The van der Waals surface area contributed by atoms with E-state index >= 15 is 0 Å². The van der Waals surface area contributed by atoms with E-state index in [2.05, 4.69) is 51.3 Å². The van der Waals surface area contributed by atoms with Crippen LogP contribution in [0.3, 0.4) is 0 Å². The molecule has 0 saturated heterocycles. The normalized spacial score (nSPS) is 16.2. The summed E-state index contributed by atoms with van der Waals surface area (Å²) in [7, 11) is 2.06.